The Labute approximate surface area is 132 Å². The van der Waals surface area contributed by atoms with Gasteiger partial charge in [-0.15, -0.1) is 0 Å². The van der Waals surface area contributed by atoms with Crippen LogP contribution in [0.1, 0.15) is 12.0 Å². The predicted octanol–water partition coefficient (Wildman–Crippen LogP) is 3.35. The number of rotatable bonds is 4. The molecule has 2 aromatic rings. The van der Waals surface area contributed by atoms with Crippen molar-refractivity contribution in [3.63, 3.8) is 0 Å². The van der Waals surface area contributed by atoms with Gasteiger partial charge in [-0.3, -0.25) is 0 Å². The van der Waals surface area contributed by atoms with Gasteiger partial charge in [0, 0.05) is 30.1 Å². The van der Waals surface area contributed by atoms with Gasteiger partial charge in [0.15, 0.2) is 0 Å². The van der Waals surface area contributed by atoms with Crippen LogP contribution in [0, 0.1) is 5.95 Å². The molecule has 1 fully saturated rings. The first-order valence-corrected chi connectivity index (χ1v) is 7.84. The van der Waals surface area contributed by atoms with E-state index in [1.54, 1.807) is 12.3 Å². The third-order valence-electron chi connectivity index (χ3n) is 3.77. The Bertz CT molecular complexity index is 585. The molecule has 1 unspecified atom stereocenters. The molecule has 3 rings (SSSR count). The number of hydrogen-bond acceptors (Lipinski definition) is 3. The predicted molar refractivity (Wildman–Crippen MR) is 85.8 cm³/mol. The highest BCUT2D eigenvalue weighted by molar-refractivity contribution is 9.10. The second kappa shape index (κ2) is 6.54. The summed E-state index contributed by atoms with van der Waals surface area (Å²) in [5.74, 6) is -0.428. The van der Waals surface area contributed by atoms with Crippen LogP contribution in [0.15, 0.2) is 47.1 Å². The molecule has 0 saturated carbocycles. The molecule has 0 spiro atoms. The molecule has 1 aromatic heterocycles. The third-order valence-corrected chi connectivity index (χ3v) is 4.30. The highest BCUT2D eigenvalue weighted by Crippen LogP contribution is 2.20. The largest absolute Gasteiger partial charge is 0.369 e. The van der Waals surface area contributed by atoms with Gasteiger partial charge in [0.2, 0.25) is 5.95 Å². The lowest BCUT2D eigenvalue weighted by molar-refractivity contribution is 0.551. The number of nitrogens with one attached hydrogen (secondary N) is 1. The fraction of sp³-hybridized carbons (Fsp3) is 0.312. The maximum atomic E-state index is 12.8. The summed E-state index contributed by atoms with van der Waals surface area (Å²) in [4.78, 5) is 5.96. The van der Waals surface area contributed by atoms with Crippen molar-refractivity contribution in [1.82, 2.24) is 10.3 Å². The lowest BCUT2D eigenvalue weighted by atomic mass is 10.2. The van der Waals surface area contributed by atoms with Gasteiger partial charge in [-0.05, 0) is 36.2 Å². The van der Waals surface area contributed by atoms with Gasteiger partial charge >= 0.3 is 0 Å². The highest BCUT2D eigenvalue weighted by Gasteiger charge is 2.22. The van der Waals surface area contributed by atoms with Crippen LogP contribution in [0.3, 0.4) is 0 Å². The average Bonchev–Trinajstić information content (AvgIpc) is 2.96. The number of aromatic nitrogens is 1. The Hall–Kier alpha value is -1.46. The van der Waals surface area contributed by atoms with Crippen molar-refractivity contribution in [3.05, 3.63) is 58.6 Å². The summed E-state index contributed by atoms with van der Waals surface area (Å²) < 4.78 is 13.9. The minimum Gasteiger partial charge on any atom is -0.369 e. The number of halogens is 2. The monoisotopic (exact) mass is 349 g/mol. The Balaban J connectivity index is 1.52. The van der Waals surface area contributed by atoms with Gasteiger partial charge in [-0.1, -0.05) is 28.1 Å². The van der Waals surface area contributed by atoms with Gasteiger partial charge in [0.25, 0.3) is 0 Å². The number of benzene rings is 1. The third kappa shape index (κ3) is 3.80. The van der Waals surface area contributed by atoms with Crippen molar-refractivity contribution < 1.29 is 4.39 Å². The number of anilines is 1. The molecule has 0 radical (unpaired) electrons. The maximum absolute atomic E-state index is 12.8. The van der Waals surface area contributed by atoms with Crippen LogP contribution in [-0.2, 0) is 6.54 Å². The molecular formula is C16H17BrFN3. The second-order valence-electron chi connectivity index (χ2n) is 5.28. The molecule has 5 heteroatoms. The lowest BCUT2D eigenvalue weighted by Gasteiger charge is -2.18. The summed E-state index contributed by atoms with van der Waals surface area (Å²) in [5.41, 5.74) is 2.27. The minimum absolute atomic E-state index is 0.428. The van der Waals surface area contributed by atoms with Crippen LogP contribution in [0.4, 0.5) is 10.1 Å². The van der Waals surface area contributed by atoms with E-state index in [0.29, 0.717) is 6.04 Å². The SMILES string of the molecule is Fc1ccc(N2CCC(NCc3ccc(Br)cc3)C2)cn1. The molecule has 1 aliphatic heterocycles. The van der Waals surface area contributed by atoms with Gasteiger partial charge in [0.1, 0.15) is 0 Å². The minimum atomic E-state index is -0.428. The number of nitrogens with zero attached hydrogens (tertiary/aromatic N) is 2. The van der Waals surface area contributed by atoms with Crippen molar-refractivity contribution in [3.8, 4) is 0 Å². The Morgan fingerprint density at radius 1 is 1.24 bits per heavy atom. The quantitative estimate of drug-likeness (QED) is 0.858. The van der Waals surface area contributed by atoms with E-state index in [4.69, 9.17) is 0 Å². The van der Waals surface area contributed by atoms with E-state index >= 15 is 0 Å². The van der Waals surface area contributed by atoms with E-state index in [-0.39, 0.29) is 0 Å². The van der Waals surface area contributed by atoms with Crippen molar-refractivity contribution in [2.75, 3.05) is 18.0 Å². The lowest BCUT2D eigenvalue weighted by Crippen LogP contribution is -2.32. The fourth-order valence-electron chi connectivity index (χ4n) is 2.58. The first kappa shape index (κ1) is 14.5. The summed E-state index contributed by atoms with van der Waals surface area (Å²) in [7, 11) is 0. The molecule has 21 heavy (non-hydrogen) atoms. The molecule has 0 bridgehead atoms. The molecule has 1 saturated heterocycles. The van der Waals surface area contributed by atoms with Crippen molar-refractivity contribution in [1.29, 1.82) is 0 Å². The van der Waals surface area contributed by atoms with E-state index in [1.807, 2.05) is 0 Å². The maximum Gasteiger partial charge on any atom is 0.212 e. The Morgan fingerprint density at radius 3 is 2.76 bits per heavy atom. The second-order valence-corrected chi connectivity index (χ2v) is 6.19. The van der Waals surface area contributed by atoms with Crippen molar-refractivity contribution in [2.45, 2.75) is 19.0 Å². The molecule has 1 atom stereocenters. The highest BCUT2D eigenvalue weighted by atomic mass is 79.9. The molecule has 1 N–H and O–H groups in total. The summed E-state index contributed by atoms with van der Waals surface area (Å²) in [6.45, 7) is 2.78. The fourth-order valence-corrected chi connectivity index (χ4v) is 2.85. The standard InChI is InChI=1S/C16H17BrFN3/c17-13-3-1-12(2-4-13)9-19-14-7-8-21(11-14)15-5-6-16(18)20-10-15/h1-6,10,14,19H,7-9,11H2. The number of pyridine rings is 1. The van der Waals surface area contributed by atoms with Crippen LogP contribution < -0.4 is 10.2 Å². The Kier molecular flexibility index (Phi) is 4.51. The zero-order chi connectivity index (χ0) is 14.7. The van der Waals surface area contributed by atoms with Crippen LogP contribution in [0.5, 0.6) is 0 Å². The molecule has 1 aliphatic rings. The molecule has 110 valence electrons. The summed E-state index contributed by atoms with van der Waals surface area (Å²) >= 11 is 3.44. The van der Waals surface area contributed by atoms with Crippen molar-refractivity contribution >= 4 is 21.6 Å². The van der Waals surface area contributed by atoms with E-state index in [1.165, 1.54) is 11.6 Å². The van der Waals surface area contributed by atoms with E-state index in [0.717, 1.165) is 36.2 Å². The van der Waals surface area contributed by atoms with E-state index < -0.39 is 5.95 Å². The zero-order valence-electron chi connectivity index (χ0n) is 11.6. The first-order chi connectivity index (χ1) is 10.2. The van der Waals surface area contributed by atoms with Gasteiger partial charge in [0.05, 0.1) is 11.9 Å². The summed E-state index contributed by atoms with van der Waals surface area (Å²) in [5, 5.41) is 3.58. The topological polar surface area (TPSA) is 28.2 Å². The van der Waals surface area contributed by atoms with Gasteiger partial charge in [-0.25, -0.2) is 4.98 Å². The molecule has 2 heterocycles. The zero-order valence-corrected chi connectivity index (χ0v) is 13.2. The van der Waals surface area contributed by atoms with E-state index in [9.17, 15) is 4.39 Å². The molecule has 0 amide bonds. The summed E-state index contributed by atoms with van der Waals surface area (Å²) in [6.07, 6.45) is 2.69. The molecule has 3 nitrogen and oxygen atoms in total. The van der Waals surface area contributed by atoms with Crippen LogP contribution in [0.2, 0.25) is 0 Å². The molecule has 1 aromatic carbocycles. The average molecular weight is 350 g/mol. The summed E-state index contributed by atoms with van der Waals surface area (Å²) in [6, 6.07) is 12.0. The smallest absolute Gasteiger partial charge is 0.212 e. The molecule has 0 aliphatic carbocycles. The van der Waals surface area contributed by atoms with Crippen LogP contribution in [0.25, 0.3) is 0 Å². The number of hydrogen-bond donors (Lipinski definition) is 1. The van der Waals surface area contributed by atoms with Gasteiger partial charge < -0.3 is 10.2 Å². The van der Waals surface area contributed by atoms with Crippen molar-refractivity contribution in [2.24, 2.45) is 0 Å². The van der Waals surface area contributed by atoms with Crippen LogP contribution in [-0.4, -0.2) is 24.1 Å². The molecular weight excluding hydrogens is 333 g/mol. The normalized spacial score (nSPS) is 18.2. The first-order valence-electron chi connectivity index (χ1n) is 7.05. The van der Waals surface area contributed by atoms with Gasteiger partial charge in [-0.2, -0.15) is 4.39 Å². The van der Waals surface area contributed by atoms with E-state index in [2.05, 4.69) is 55.4 Å². The van der Waals surface area contributed by atoms with Crippen LogP contribution >= 0.6 is 15.9 Å². The Morgan fingerprint density at radius 2 is 2.05 bits per heavy atom.